The zero-order chi connectivity index (χ0) is 13.1. The second kappa shape index (κ2) is 5.53. The third-order valence-electron chi connectivity index (χ3n) is 3.74. The van der Waals surface area contributed by atoms with Crippen molar-refractivity contribution in [2.75, 3.05) is 5.32 Å². The van der Waals surface area contributed by atoms with Gasteiger partial charge in [-0.1, -0.05) is 32.4 Å². The maximum atomic E-state index is 12.0. The van der Waals surface area contributed by atoms with Gasteiger partial charge in [0.05, 0.1) is 0 Å². The van der Waals surface area contributed by atoms with Gasteiger partial charge in [0.25, 0.3) is 0 Å². The standard InChI is InChI=1S/C15H22N2O/c1-3-5-10(2)15(18)17-14-7-4-6-11-12(14)8-9-13(11)16/h4,6-7,10,13H,3,5,8-9,16H2,1-2H3,(H,17,18). The van der Waals surface area contributed by atoms with Gasteiger partial charge in [-0.3, -0.25) is 4.79 Å². The van der Waals surface area contributed by atoms with E-state index in [0.717, 1.165) is 31.4 Å². The van der Waals surface area contributed by atoms with Crippen molar-refractivity contribution in [3.8, 4) is 0 Å². The van der Waals surface area contributed by atoms with Crippen molar-refractivity contribution in [1.29, 1.82) is 0 Å². The van der Waals surface area contributed by atoms with Crippen LogP contribution in [-0.4, -0.2) is 5.91 Å². The maximum absolute atomic E-state index is 12.0. The number of benzene rings is 1. The van der Waals surface area contributed by atoms with Gasteiger partial charge in [0.1, 0.15) is 0 Å². The van der Waals surface area contributed by atoms with E-state index < -0.39 is 0 Å². The van der Waals surface area contributed by atoms with E-state index in [-0.39, 0.29) is 17.9 Å². The van der Waals surface area contributed by atoms with Gasteiger partial charge in [0.15, 0.2) is 0 Å². The van der Waals surface area contributed by atoms with E-state index in [4.69, 9.17) is 5.73 Å². The van der Waals surface area contributed by atoms with Gasteiger partial charge in [0.2, 0.25) is 5.91 Å². The molecule has 0 fully saturated rings. The van der Waals surface area contributed by atoms with E-state index in [1.165, 1.54) is 11.1 Å². The highest BCUT2D eigenvalue weighted by Gasteiger charge is 2.22. The van der Waals surface area contributed by atoms with Crippen LogP contribution in [0.4, 0.5) is 5.69 Å². The largest absolute Gasteiger partial charge is 0.326 e. The number of anilines is 1. The van der Waals surface area contributed by atoms with Gasteiger partial charge in [-0.2, -0.15) is 0 Å². The van der Waals surface area contributed by atoms with E-state index >= 15 is 0 Å². The Morgan fingerprint density at radius 2 is 2.33 bits per heavy atom. The molecule has 0 aromatic heterocycles. The first kappa shape index (κ1) is 13.1. The molecule has 1 aliphatic carbocycles. The Bertz CT molecular complexity index is 442. The first-order chi connectivity index (χ1) is 8.63. The Balaban J connectivity index is 2.13. The first-order valence-corrected chi connectivity index (χ1v) is 6.81. The number of carbonyl (C=O) groups excluding carboxylic acids is 1. The highest BCUT2D eigenvalue weighted by molar-refractivity contribution is 5.93. The summed E-state index contributed by atoms with van der Waals surface area (Å²) in [5.41, 5.74) is 9.41. The van der Waals surface area contributed by atoms with Gasteiger partial charge in [0, 0.05) is 17.6 Å². The smallest absolute Gasteiger partial charge is 0.227 e. The van der Waals surface area contributed by atoms with Crippen molar-refractivity contribution < 1.29 is 4.79 Å². The van der Waals surface area contributed by atoms with Crippen molar-refractivity contribution in [1.82, 2.24) is 0 Å². The fourth-order valence-electron chi connectivity index (χ4n) is 2.62. The van der Waals surface area contributed by atoms with E-state index in [9.17, 15) is 4.79 Å². The van der Waals surface area contributed by atoms with Crippen LogP contribution in [-0.2, 0) is 11.2 Å². The van der Waals surface area contributed by atoms with E-state index in [0.29, 0.717) is 0 Å². The summed E-state index contributed by atoms with van der Waals surface area (Å²) in [7, 11) is 0. The molecule has 3 heteroatoms. The molecular formula is C15H22N2O. The van der Waals surface area contributed by atoms with Crippen LogP contribution in [0.25, 0.3) is 0 Å². The number of hydrogen-bond donors (Lipinski definition) is 2. The Labute approximate surface area is 109 Å². The molecule has 1 aromatic rings. The fraction of sp³-hybridized carbons (Fsp3) is 0.533. The zero-order valence-corrected chi connectivity index (χ0v) is 11.2. The molecule has 0 radical (unpaired) electrons. The summed E-state index contributed by atoms with van der Waals surface area (Å²) in [5, 5.41) is 3.05. The summed E-state index contributed by atoms with van der Waals surface area (Å²) in [6, 6.07) is 6.15. The lowest BCUT2D eigenvalue weighted by molar-refractivity contribution is -0.119. The maximum Gasteiger partial charge on any atom is 0.227 e. The molecule has 1 amide bonds. The van der Waals surface area contributed by atoms with Crippen molar-refractivity contribution in [2.24, 2.45) is 11.7 Å². The highest BCUT2D eigenvalue weighted by Crippen LogP contribution is 2.34. The molecule has 2 rings (SSSR count). The molecule has 3 nitrogen and oxygen atoms in total. The van der Waals surface area contributed by atoms with Crippen LogP contribution in [0.1, 0.15) is 50.3 Å². The Hall–Kier alpha value is -1.35. The molecule has 98 valence electrons. The fourth-order valence-corrected chi connectivity index (χ4v) is 2.62. The quantitative estimate of drug-likeness (QED) is 0.858. The van der Waals surface area contributed by atoms with Crippen molar-refractivity contribution in [3.63, 3.8) is 0 Å². The number of carbonyl (C=O) groups is 1. The molecule has 1 aromatic carbocycles. The molecule has 18 heavy (non-hydrogen) atoms. The molecule has 3 N–H and O–H groups in total. The summed E-state index contributed by atoms with van der Waals surface area (Å²) in [6.45, 7) is 4.08. The van der Waals surface area contributed by atoms with Crippen LogP contribution < -0.4 is 11.1 Å². The van der Waals surface area contributed by atoms with Crippen LogP contribution in [0, 0.1) is 5.92 Å². The summed E-state index contributed by atoms with van der Waals surface area (Å²) >= 11 is 0. The van der Waals surface area contributed by atoms with Crippen LogP contribution in [0.15, 0.2) is 18.2 Å². The summed E-state index contributed by atoms with van der Waals surface area (Å²) in [5.74, 6) is 0.187. The Morgan fingerprint density at radius 3 is 3.06 bits per heavy atom. The highest BCUT2D eigenvalue weighted by atomic mass is 16.1. The van der Waals surface area contributed by atoms with E-state index in [1.54, 1.807) is 0 Å². The third kappa shape index (κ3) is 2.56. The predicted molar refractivity (Wildman–Crippen MR) is 74.4 cm³/mol. The van der Waals surface area contributed by atoms with Crippen molar-refractivity contribution >= 4 is 11.6 Å². The minimum atomic E-state index is 0.0703. The second-order valence-corrected chi connectivity index (χ2v) is 5.20. The third-order valence-corrected chi connectivity index (χ3v) is 3.74. The molecule has 0 spiro atoms. The number of hydrogen-bond acceptors (Lipinski definition) is 2. The first-order valence-electron chi connectivity index (χ1n) is 6.81. The second-order valence-electron chi connectivity index (χ2n) is 5.20. The Morgan fingerprint density at radius 1 is 1.56 bits per heavy atom. The van der Waals surface area contributed by atoms with Gasteiger partial charge >= 0.3 is 0 Å². The van der Waals surface area contributed by atoms with Gasteiger partial charge in [-0.25, -0.2) is 0 Å². The normalized spacial score (nSPS) is 19.4. The average Bonchev–Trinajstić information content (AvgIpc) is 2.73. The van der Waals surface area contributed by atoms with E-state index in [1.807, 2.05) is 19.1 Å². The number of fused-ring (bicyclic) bond motifs is 1. The molecule has 0 bridgehead atoms. The van der Waals surface area contributed by atoms with E-state index in [2.05, 4.69) is 18.3 Å². The van der Waals surface area contributed by atoms with Crippen molar-refractivity contribution in [3.05, 3.63) is 29.3 Å². The summed E-state index contributed by atoms with van der Waals surface area (Å²) < 4.78 is 0. The monoisotopic (exact) mass is 246 g/mol. The minimum absolute atomic E-state index is 0.0703. The minimum Gasteiger partial charge on any atom is -0.326 e. The lowest BCUT2D eigenvalue weighted by Crippen LogP contribution is -2.21. The molecule has 2 unspecified atom stereocenters. The van der Waals surface area contributed by atoms with Crippen LogP contribution in [0.5, 0.6) is 0 Å². The molecular weight excluding hydrogens is 224 g/mol. The number of nitrogens with two attached hydrogens (primary N) is 1. The Kier molecular flexibility index (Phi) is 4.02. The molecule has 0 saturated heterocycles. The molecule has 0 saturated carbocycles. The number of rotatable bonds is 4. The summed E-state index contributed by atoms with van der Waals surface area (Å²) in [6.07, 6.45) is 3.91. The average molecular weight is 246 g/mol. The SMILES string of the molecule is CCCC(C)C(=O)Nc1cccc2c1CCC2N. The van der Waals surface area contributed by atoms with Crippen molar-refractivity contribution in [2.45, 2.75) is 45.6 Å². The zero-order valence-electron chi connectivity index (χ0n) is 11.2. The van der Waals surface area contributed by atoms with Gasteiger partial charge < -0.3 is 11.1 Å². The number of nitrogens with one attached hydrogen (secondary N) is 1. The predicted octanol–water partition coefficient (Wildman–Crippen LogP) is 3.01. The molecule has 1 aliphatic rings. The van der Waals surface area contributed by atoms with Crippen LogP contribution in [0.3, 0.4) is 0 Å². The van der Waals surface area contributed by atoms with Crippen LogP contribution in [0.2, 0.25) is 0 Å². The molecule has 0 heterocycles. The lowest BCUT2D eigenvalue weighted by atomic mass is 10.0. The topological polar surface area (TPSA) is 55.1 Å². The molecule has 2 atom stereocenters. The van der Waals surface area contributed by atoms with Gasteiger partial charge in [-0.15, -0.1) is 0 Å². The van der Waals surface area contributed by atoms with Gasteiger partial charge in [-0.05, 0) is 36.5 Å². The van der Waals surface area contributed by atoms with Crippen LogP contribution >= 0.6 is 0 Å². The summed E-state index contributed by atoms with van der Waals surface area (Å²) in [4.78, 5) is 12.0. The molecule has 0 aliphatic heterocycles. The lowest BCUT2D eigenvalue weighted by Gasteiger charge is -2.14. The number of amides is 1.